The standard InChI is InChI=1S/C19H21N5O/c1-14-21-18(17-4-2-3-11-24(14)17)19(25)22-15-5-7-16(8-6-15)23-12-9-20-10-13-23/h2-8,11,20H,9-10,12-13H2,1H3,(H,22,25). The number of pyridine rings is 1. The maximum atomic E-state index is 12.6. The first-order chi connectivity index (χ1) is 12.2. The van der Waals surface area contributed by atoms with Crippen molar-refractivity contribution in [2.45, 2.75) is 6.92 Å². The average Bonchev–Trinajstić information content (AvgIpc) is 3.00. The highest BCUT2D eigenvalue weighted by molar-refractivity contribution is 6.07. The predicted octanol–water partition coefficient (Wildman–Crippen LogP) is 2.30. The molecular weight excluding hydrogens is 314 g/mol. The van der Waals surface area contributed by atoms with Gasteiger partial charge in [0.2, 0.25) is 0 Å². The van der Waals surface area contributed by atoms with Gasteiger partial charge >= 0.3 is 0 Å². The first kappa shape index (κ1) is 15.7. The molecule has 0 bridgehead atoms. The highest BCUT2D eigenvalue weighted by Crippen LogP contribution is 2.20. The van der Waals surface area contributed by atoms with Crippen LogP contribution in [0, 0.1) is 6.92 Å². The van der Waals surface area contributed by atoms with E-state index < -0.39 is 0 Å². The molecule has 0 saturated carbocycles. The van der Waals surface area contributed by atoms with Crippen LogP contribution in [-0.4, -0.2) is 41.5 Å². The predicted molar refractivity (Wildman–Crippen MR) is 99.4 cm³/mol. The highest BCUT2D eigenvalue weighted by Gasteiger charge is 2.16. The first-order valence-electron chi connectivity index (χ1n) is 8.53. The van der Waals surface area contributed by atoms with Crippen LogP contribution in [0.25, 0.3) is 5.52 Å². The van der Waals surface area contributed by atoms with E-state index in [1.807, 2.05) is 47.9 Å². The maximum Gasteiger partial charge on any atom is 0.276 e. The Morgan fingerprint density at radius 3 is 2.64 bits per heavy atom. The smallest absolute Gasteiger partial charge is 0.276 e. The van der Waals surface area contributed by atoms with Crippen molar-refractivity contribution >= 4 is 22.8 Å². The van der Waals surface area contributed by atoms with Crippen LogP contribution in [0.3, 0.4) is 0 Å². The van der Waals surface area contributed by atoms with Gasteiger partial charge < -0.3 is 19.9 Å². The molecule has 2 N–H and O–H groups in total. The van der Waals surface area contributed by atoms with Crippen LogP contribution in [0.15, 0.2) is 48.7 Å². The van der Waals surface area contributed by atoms with Crippen molar-refractivity contribution in [1.82, 2.24) is 14.7 Å². The fourth-order valence-corrected chi connectivity index (χ4v) is 3.23. The average molecular weight is 335 g/mol. The summed E-state index contributed by atoms with van der Waals surface area (Å²) in [6, 6.07) is 13.7. The lowest BCUT2D eigenvalue weighted by Gasteiger charge is -2.29. The largest absolute Gasteiger partial charge is 0.369 e. The van der Waals surface area contributed by atoms with Crippen molar-refractivity contribution in [2.24, 2.45) is 0 Å². The van der Waals surface area contributed by atoms with Crippen LogP contribution >= 0.6 is 0 Å². The Kier molecular flexibility index (Phi) is 4.11. The van der Waals surface area contributed by atoms with Crippen molar-refractivity contribution in [1.29, 1.82) is 0 Å². The molecule has 3 aromatic rings. The summed E-state index contributed by atoms with van der Waals surface area (Å²) in [4.78, 5) is 19.4. The molecule has 1 saturated heterocycles. The molecule has 0 aliphatic carbocycles. The number of carbonyl (C=O) groups is 1. The van der Waals surface area contributed by atoms with Crippen LogP contribution in [0.4, 0.5) is 11.4 Å². The number of anilines is 2. The second-order valence-electron chi connectivity index (χ2n) is 6.20. The van der Waals surface area contributed by atoms with Crippen LogP contribution in [-0.2, 0) is 0 Å². The van der Waals surface area contributed by atoms with Crippen LogP contribution in [0.1, 0.15) is 16.3 Å². The molecule has 1 amide bonds. The molecule has 2 aromatic heterocycles. The van der Waals surface area contributed by atoms with Gasteiger partial charge in [-0.3, -0.25) is 4.79 Å². The lowest BCUT2D eigenvalue weighted by molar-refractivity contribution is 0.102. The minimum atomic E-state index is -0.188. The van der Waals surface area contributed by atoms with Crippen molar-refractivity contribution in [3.63, 3.8) is 0 Å². The Hall–Kier alpha value is -2.86. The van der Waals surface area contributed by atoms with E-state index in [-0.39, 0.29) is 5.91 Å². The van der Waals surface area contributed by atoms with Gasteiger partial charge in [0.1, 0.15) is 5.82 Å². The molecule has 1 aliphatic heterocycles. The number of nitrogens with one attached hydrogen (secondary N) is 2. The number of aryl methyl sites for hydroxylation is 1. The number of fused-ring (bicyclic) bond motifs is 1. The molecule has 1 fully saturated rings. The minimum Gasteiger partial charge on any atom is -0.369 e. The van der Waals surface area contributed by atoms with E-state index in [4.69, 9.17) is 0 Å². The van der Waals surface area contributed by atoms with Gasteiger partial charge in [0.15, 0.2) is 5.69 Å². The van der Waals surface area contributed by atoms with E-state index in [1.54, 1.807) is 0 Å². The lowest BCUT2D eigenvalue weighted by Crippen LogP contribution is -2.43. The topological polar surface area (TPSA) is 61.7 Å². The van der Waals surface area contributed by atoms with Gasteiger partial charge in [0.25, 0.3) is 5.91 Å². The van der Waals surface area contributed by atoms with Crippen LogP contribution < -0.4 is 15.5 Å². The van der Waals surface area contributed by atoms with E-state index in [9.17, 15) is 4.79 Å². The summed E-state index contributed by atoms with van der Waals surface area (Å²) in [7, 11) is 0. The van der Waals surface area contributed by atoms with Gasteiger partial charge in [0, 0.05) is 43.8 Å². The molecule has 0 spiro atoms. The zero-order valence-corrected chi connectivity index (χ0v) is 14.2. The Bertz CT molecular complexity index is 894. The number of hydrogen-bond donors (Lipinski definition) is 2. The lowest BCUT2D eigenvalue weighted by atomic mass is 10.2. The van der Waals surface area contributed by atoms with E-state index in [0.717, 1.165) is 43.2 Å². The number of imidazole rings is 1. The molecule has 1 aromatic carbocycles. The van der Waals surface area contributed by atoms with Gasteiger partial charge in [-0.05, 0) is 43.3 Å². The Balaban J connectivity index is 1.52. The summed E-state index contributed by atoms with van der Waals surface area (Å²) in [5, 5.41) is 6.30. The molecule has 6 heteroatoms. The number of amides is 1. The number of carbonyl (C=O) groups excluding carboxylic acids is 1. The summed E-state index contributed by atoms with van der Waals surface area (Å²) >= 11 is 0. The van der Waals surface area contributed by atoms with Crippen molar-refractivity contribution in [2.75, 3.05) is 36.4 Å². The number of benzene rings is 1. The van der Waals surface area contributed by atoms with Gasteiger partial charge in [0.05, 0.1) is 5.52 Å². The molecule has 0 unspecified atom stereocenters. The summed E-state index contributed by atoms with van der Waals surface area (Å²) in [5.74, 6) is 0.613. The molecule has 128 valence electrons. The summed E-state index contributed by atoms with van der Waals surface area (Å²) in [6.07, 6.45) is 1.91. The normalized spacial score (nSPS) is 14.7. The molecule has 4 rings (SSSR count). The Labute approximate surface area is 146 Å². The van der Waals surface area contributed by atoms with Crippen molar-refractivity contribution < 1.29 is 4.79 Å². The third kappa shape index (κ3) is 3.08. The van der Waals surface area contributed by atoms with Crippen LogP contribution in [0.5, 0.6) is 0 Å². The van der Waals surface area contributed by atoms with Gasteiger partial charge in [-0.1, -0.05) is 6.07 Å². The highest BCUT2D eigenvalue weighted by atomic mass is 16.1. The molecule has 1 aliphatic rings. The summed E-state index contributed by atoms with van der Waals surface area (Å²) in [5.41, 5.74) is 3.22. The van der Waals surface area contributed by atoms with E-state index in [1.165, 1.54) is 5.69 Å². The number of piperazine rings is 1. The van der Waals surface area contributed by atoms with Gasteiger partial charge in [-0.2, -0.15) is 0 Å². The number of hydrogen-bond acceptors (Lipinski definition) is 4. The Morgan fingerprint density at radius 2 is 1.88 bits per heavy atom. The molecule has 6 nitrogen and oxygen atoms in total. The monoisotopic (exact) mass is 335 g/mol. The second-order valence-corrected chi connectivity index (χ2v) is 6.20. The van der Waals surface area contributed by atoms with E-state index in [0.29, 0.717) is 5.69 Å². The minimum absolute atomic E-state index is 0.188. The molecule has 0 radical (unpaired) electrons. The van der Waals surface area contributed by atoms with Crippen molar-refractivity contribution in [3.8, 4) is 0 Å². The van der Waals surface area contributed by atoms with E-state index >= 15 is 0 Å². The molecule has 3 heterocycles. The quantitative estimate of drug-likeness (QED) is 0.771. The third-order valence-corrected chi connectivity index (χ3v) is 4.55. The summed E-state index contributed by atoms with van der Waals surface area (Å²) < 4.78 is 1.92. The first-order valence-corrected chi connectivity index (χ1v) is 8.53. The SMILES string of the molecule is Cc1nc(C(=O)Nc2ccc(N3CCNCC3)cc2)c2ccccn12. The molecule has 25 heavy (non-hydrogen) atoms. The summed E-state index contributed by atoms with van der Waals surface area (Å²) in [6.45, 7) is 5.92. The molecular formula is C19H21N5O. The molecule has 0 atom stereocenters. The maximum absolute atomic E-state index is 12.6. The Morgan fingerprint density at radius 1 is 1.12 bits per heavy atom. The fraction of sp³-hybridized carbons (Fsp3) is 0.263. The fourth-order valence-electron chi connectivity index (χ4n) is 3.23. The van der Waals surface area contributed by atoms with E-state index in [2.05, 4.69) is 32.7 Å². The second kappa shape index (κ2) is 6.57. The van der Waals surface area contributed by atoms with Gasteiger partial charge in [-0.25, -0.2) is 4.98 Å². The van der Waals surface area contributed by atoms with Crippen molar-refractivity contribution in [3.05, 3.63) is 60.2 Å². The van der Waals surface area contributed by atoms with Crippen LogP contribution in [0.2, 0.25) is 0 Å². The number of nitrogens with zero attached hydrogens (tertiary/aromatic N) is 3. The third-order valence-electron chi connectivity index (χ3n) is 4.55. The number of rotatable bonds is 3. The zero-order valence-electron chi connectivity index (χ0n) is 14.2. The number of aromatic nitrogens is 2. The van der Waals surface area contributed by atoms with Gasteiger partial charge in [-0.15, -0.1) is 0 Å². The zero-order chi connectivity index (χ0) is 17.2.